The molecular weight excluding hydrogens is 330 g/mol. The normalized spacial score (nSPS) is 14.7. The van der Waals surface area contributed by atoms with Gasteiger partial charge in [0.1, 0.15) is 10.5 Å². The van der Waals surface area contributed by atoms with Gasteiger partial charge in [-0.05, 0) is 41.3 Å². The molecule has 5 heteroatoms. The number of hydrogen-bond donors (Lipinski definition) is 1. The average Bonchev–Trinajstić information content (AvgIpc) is 3.33. The number of hydrogen-bond acceptors (Lipinski definition) is 4. The van der Waals surface area contributed by atoms with Crippen molar-refractivity contribution in [2.24, 2.45) is 0 Å². The molecule has 0 amide bonds. The molecule has 0 radical (unpaired) electrons. The van der Waals surface area contributed by atoms with E-state index in [1.807, 2.05) is 11.4 Å². The predicted octanol–water partition coefficient (Wildman–Crippen LogP) is 4.27. The highest BCUT2D eigenvalue weighted by Crippen LogP contribution is 2.29. The Morgan fingerprint density at radius 1 is 1.20 bits per heavy atom. The molecule has 0 aliphatic heterocycles. The van der Waals surface area contributed by atoms with Gasteiger partial charge in [-0.3, -0.25) is 9.69 Å². The van der Waals surface area contributed by atoms with Gasteiger partial charge in [-0.2, -0.15) is 0 Å². The molecule has 0 saturated heterocycles. The molecule has 4 nitrogen and oxygen atoms in total. The topological polar surface area (TPSA) is 49.0 Å². The second kappa shape index (κ2) is 6.73. The molecule has 130 valence electrons. The van der Waals surface area contributed by atoms with Crippen LogP contribution in [0.15, 0.2) is 40.5 Å². The van der Waals surface area contributed by atoms with Crippen LogP contribution in [0, 0.1) is 0 Å². The minimum absolute atomic E-state index is 0.0213. The average molecular weight is 353 g/mol. The SMILES string of the molecule is CC(C)c1ccc(CN(Cc2nc3ccsc3c(=O)[nH]2)C2CC2)cc1. The zero-order valence-electron chi connectivity index (χ0n) is 14.7. The lowest BCUT2D eigenvalue weighted by Crippen LogP contribution is -2.27. The van der Waals surface area contributed by atoms with Gasteiger partial charge in [0.15, 0.2) is 0 Å². The Labute approximate surface area is 151 Å². The lowest BCUT2D eigenvalue weighted by Gasteiger charge is -2.21. The van der Waals surface area contributed by atoms with Crippen molar-refractivity contribution in [1.82, 2.24) is 14.9 Å². The van der Waals surface area contributed by atoms with Crippen LogP contribution in [0.4, 0.5) is 0 Å². The van der Waals surface area contributed by atoms with Gasteiger partial charge in [-0.15, -0.1) is 11.3 Å². The van der Waals surface area contributed by atoms with E-state index < -0.39 is 0 Å². The fourth-order valence-electron chi connectivity index (χ4n) is 3.19. The fraction of sp³-hybridized carbons (Fsp3) is 0.400. The van der Waals surface area contributed by atoms with Crippen LogP contribution in [-0.2, 0) is 13.1 Å². The van der Waals surface area contributed by atoms with Crippen LogP contribution in [-0.4, -0.2) is 20.9 Å². The van der Waals surface area contributed by atoms with E-state index in [2.05, 4.69) is 53.0 Å². The Morgan fingerprint density at radius 3 is 2.64 bits per heavy atom. The summed E-state index contributed by atoms with van der Waals surface area (Å²) in [6.45, 7) is 6.02. The number of fused-ring (bicyclic) bond motifs is 1. The van der Waals surface area contributed by atoms with Crippen molar-refractivity contribution in [3.63, 3.8) is 0 Å². The third kappa shape index (κ3) is 3.67. The number of aromatic amines is 1. The molecule has 1 aliphatic rings. The van der Waals surface area contributed by atoms with E-state index in [1.54, 1.807) is 0 Å². The van der Waals surface area contributed by atoms with Gasteiger partial charge in [-0.25, -0.2) is 4.98 Å². The van der Waals surface area contributed by atoms with Gasteiger partial charge in [0.2, 0.25) is 0 Å². The van der Waals surface area contributed by atoms with E-state index in [9.17, 15) is 4.79 Å². The summed E-state index contributed by atoms with van der Waals surface area (Å²) in [4.78, 5) is 22.2. The molecule has 0 unspecified atom stereocenters. The first kappa shape index (κ1) is 16.5. The molecule has 2 heterocycles. The molecule has 0 bridgehead atoms. The number of H-pyrrole nitrogens is 1. The van der Waals surface area contributed by atoms with Gasteiger partial charge in [0, 0.05) is 12.6 Å². The van der Waals surface area contributed by atoms with Gasteiger partial charge in [0.05, 0.1) is 12.1 Å². The van der Waals surface area contributed by atoms with E-state index in [0.29, 0.717) is 23.2 Å². The summed E-state index contributed by atoms with van der Waals surface area (Å²) in [6.07, 6.45) is 2.46. The quantitative estimate of drug-likeness (QED) is 0.720. The summed E-state index contributed by atoms with van der Waals surface area (Å²) in [6, 6.07) is 11.4. The molecule has 0 atom stereocenters. The van der Waals surface area contributed by atoms with Gasteiger partial charge in [0.25, 0.3) is 5.56 Å². The van der Waals surface area contributed by atoms with Crippen molar-refractivity contribution in [1.29, 1.82) is 0 Å². The van der Waals surface area contributed by atoms with Gasteiger partial charge in [-0.1, -0.05) is 38.1 Å². The first-order chi connectivity index (χ1) is 12.1. The maximum Gasteiger partial charge on any atom is 0.268 e. The Hall–Kier alpha value is -1.98. The molecule has 1 aromatic carbocycles. The largest absolute Gasteiger partial charge is 0.308 e. The molecule has 1 aliphatic carbocycles. The number of benzene rings is 1. The Bertz CT molecular complexity index is 922. The smallest absolute Gasteiger partial charge is 0.268 e. The van der Waals surface area contributed by atoms with Crippen molar-refractivity contribution >= 4 is 21.6 Å². The second-order valence-corrected chi connectivity index (χ2v) is 8.10. The predicted molar refractivity (Wildman–Crippen MR) is 103 cm³/mol. The molecular formula is C20H23N3OS. The highest BCUT2D eigenvalue weighted by molar-refractivity contribution is 7.17. The van der Waals surface area contributed by atoms with Crippen LogP contribution >= 0.6 is 11.3 Å². The zero-order valence-corrected chi connectivity index (χ0v) is 15.5. The Kier molecular flexibility index (Phi) is 4.44. The van der Waals surface area contributed by atoms with Crippen LogP contribution in [0.5, 0.6) is 0 Å². The number of thiophene rings is 1. The maximum atomic E-state index is 12.2. The monoisotopic (exact) mass is 353 g/mol. The number of nitrogens with zero attached hydrogens (tertiary/aromatic N) is 2. The molecule has 3 aromatic rings. The number of aromatic nitrogens is 2. The van der Waals surface area contributed by atoms with Crippen molar-refractivity contribution < 1.29 is 0 Å². The second-order valence-electron chi connectivity index (χ2n) is 7.18. The number of nitrogens with one attached hydrogen (secondary N) is 1. The van der Waals surface area contributed by atoms with E-state index in [1.165, 1.54) is 35.3 Å². The van der Waals surface area contributed by atoms with Crippen LogP contribution in [0.25, 0.3) is 10.2 Å². The maximum absolute atomic E-state index is 12.2. The Balaban J connectivity index is 1.53. The summed E-state index contributed by atoms with van der Waals surface area (Å²) < 4.78 is 0.714. The van der Waals surface area contributed by atoms with Crippen molar-refractivity contribution in [2.75, 3.05) is 0 Å². The fourth-order valence-corrected chi connectivity index (χ4v) is 3.91. The third-order valence-corrected chi connectivity index (χ3v) is 5.71. The van der Waals surface area contributed by atoms with Crippen LogP contribution in [0.3, 0.4) is 0 Å². The Morgan fingerprint density at radius 2 is 1.96 bits per heavy atom. The third-order valence-electron chi connectivity index (χ3n) is 4.81. The summed E-state index contributed by atoms with van der Waals surface area (Å²) in [5.41, 5.74) is 3.47. The van der Waals surface area contributed by atoms with Gasteiger partial charge >= 0.3 is 0 Å². The highest BCUT2D eigenvalue weighted by Gasteiger charge is 2.29. The van der Waals surface area contributed by atoms with Crippen molar-refractivity contribution in [3.05, 3.63) is 63.0 Å². The molecule has 4 rings (SSSR count). The van der Waals surface area contributed by atoms with E-state index in [-0.39, 0.29) is 5.56 Å². The molecule has 2 aromatic heterocycles. The summed E-state index contributed by atoms with van der Waals surface area (Å²) >= 11 is 1.45. The first-order valence-electron chi connectivity index (χ1n) is 8.89. The van der Waals surface area contributed by atoms with Crippen molar-refractivity contribution in [2.45, 2.75) is 51.7 Å². The summed E-state index contributed by atoms with van der Waals surface area (Å²) in [5.74, 6) is 1.32. The number of rotatable bonds is 6. The lowest BCUT2D eigenvalue weighted by atomic mass is 10.0. The zero-order chi connectivity index (χ0) is 17.4. The standard InChI is InChI=1S/C20H23N3OS/c1-13(2)15-5-3-14(4-6-15)11-23(16-7-8-16)12-18-21-17-9-10-25-19(17)20(24)22-18/h3-6,9-10,13,16H,7-8,11-12H2,1-2H3,(H,21,22,24). The van der Waals surface area contributed by atoms with Gasteiger partial charge < -0.3 is 4.98 Å². The van der Waals surface area contributed by atoms with Crippen molar-refractivity contribution in [3.8, 4) is 0 Å². The first-order valence-corrected chi connectivity index (χ1v) is 9.77. The summed E-state index contributed by atoms with van der Waals surface area (Å²) in [7, 11) is 0. The molecule has 0 spiro atoms. The molecule has 1 fully saturated rings. The summed E-state index contributed by atoms with van der Waals surface area (Å²) in [5, 5.41) is 1.92. The lowest BCUT2D eigenvalue weighted by molar-refractivity contribution is 0.239. The molecule has 25 heavy (non-hydrogen) atoms. The van der Waals surface area contributed by atoms with E-state index in [4.69, 9.17) is 0 Å². The minimum Gasteiger partial charge on any atom is -0.308 e. The van der Waals surface area contributed by atoms with E-state index >= 15 is 0 Å². The van der Waals surface area contributed by atoms with Crippen LogP contribution in [0.1, 0.15) is 49.6 Å². The van der Waals surface area contributed by atoms with Crippen LogP contribution < -0.4 is 5.56 Å². The van der Waals surface area contributed by atoms with Crippen LogP contribution in [0.2, 0.25) is 0 Å². The highest BCUT2D eigenvalue weighted by atomic mass is 32.1. The molecule has 1 saturated carbocycles. The molecule has 1 N–H and O–H groups in total. The minimum atomic E-state index is -0.0213. The van der Waals surface area contributed by atoms with E-state index in [0.717, 1.165) is 17.9 Å².